The summed E-state index contributed by atoms with van der Waals surface area (Å²) in [5.74, 6) is -0.0110. The van der Waals surface area contributed by atoms with Gasteiger partial charge < -0.3 is 21.5 Å². The van der Waals surface area contributed by atoms with Crippen LogP contribution in [0.2, 0.25) is 0 Å². The molecule has 1 aromatic carbocycles. The van der Waals surface area contributed by atoms with E-state index in [0.29, 0.717) is 33.8 Å². The molecular formula is C24H21N9O2. The predicted octanol–water partition coefficient (Wildman–Crippen LogP) is 2.61. The number of fused-ring (bicyclic) bond motifs is 1. The largest absolute Gasteiger partial charge is 0.462 e. The fraction of sp³-hybridized carbons (Fsp3) is 0.167. The summed E-state index contributed by atoms with van der Waals surface area (Å²) in [7, 11) is 0. The summed E-state index contributed by atoms with van der Waals surface area (Å²) in [6.07, 6.45) is 3.45. The molecule has 0 fully saturated rings. The van der Waals surface area contributed by atoms with Gasteiger partial charge >= 0.3 is 5.97 Å². The van der Waals surface area contributed by atoms with Crippen molar-refractivity contribution < 1.29 is 9.53 Å². The number of nitriles is 2. The molecule has 0 saturated carbocycles. The Morgan fingerprint density at radius 2 is 1.97 bits per heavy atom. The SMILES string of the molecule is CCOC(=O)c1c(C)ccnc1-c1ccc(C2N=C(NC#N)Nc3nc(N)c(C#N)c(N)c32)cc1. The van der Waals surface area contributed by atoms with Gasteiger partial charge in [-0.1, -0.05) is 24.3 Å². The van der Waals surface area contributed by atoms with Crippen LogP contribution in [0.1, 0.15) is 45.6 Å². The van der Waals surface area contributed by atoms with Gasteiger partial charge in [0.1, 0.15) is 29.3 Å². The number of esters is 1. The molecule has 0 bridgehead atoms. The number of pyridine rings is 2. The molecule has 6 N–H and O–H groups in total. The first kappa shape index (κ1) is 23.0. The molecule has 0 radical (unpaired) electrons. The molecular weight excluding hydrogens is 446 g/mol. The van der Waals surface area contributed by atoms with E-state index in [4.69, 9.17) is 21.5 Å². The second-order valence-corrected chi connectivity index (χ2v) is 7.60. The lowest BCUT2D eigenvalue weighted by Crippen LogP contribution is -2.32. The third-order valence-electron chi connectivity index (χ3n) is 5.50. The van der Waals surface area contributed by atoms with Gasteiger partial charge in [-0.05, 0) is 31.0 Å². The van der Waals surface area contributed by atoms with Crippen molar-refractivity contribution in [1.82, 2.24) is 15.3 Å². The van der Waals surface area contributed by atoms with E-state index in [1.165, 1.54) is 0 Å². The van der Waals surface area contributed by atoms with Gasteiger partial charge in [0.2, 0.25) is 5.96 Å². The van der Waals surface area contributed by atoms with E-state index in [1.54, 1.807) is 31.3 Å². The molecule has 11 heteroatoms. The van der Waals surface area contributed by atoms with Crippen molar-refractivity contribution in [2.24, 2.45) is 4.99 Å². The van der Waals surface area contributed by atoms with Crippen LogP contribution < -0.4 is 22.1 Å². The molecule has 35 heavy (non-hydrogen) atoms. The number of nitrogens with two attached hydrogens (primary N) is 2. The highest BCUT2D eigenvalue weighted by atomic mass is 16.5. The van der Waals surface area contributed by atoms with Gasteiger partial charge in [-0.15, -0.1) is 0 Å². The van der Waals surface area contributed by atoms with Crippen molar-refractivity contribution >= 4 is 29.3 Å². The van der Waals surface area contributed by atoms with E-state index < -0.39 is 12.0 Å². The topological polar surface area (TPSA) is 188 Å². The van der Waals surface area contributed by atoms with E-state index in [0.717, 1.165) is 5.56 Å². The third kappa shape index (κ3) is 4.14. The van der Waals surface area contributed by atoms with Crippen LogP contribution in [0.15, 0.2) is 41.5 Å². The molecule has 0 spiro atoms. The predicted molar refractivity (Wildman–Crippen MR) is 130 cm³/mol. The van der Waals surface area contributed by atoms with Crippen LogP contribution in [0, 0.1) is 29.7 Å². The molecule has 3 aromatic rings. The average Bonchev–Trinajstić information content (AvgIpc) is 2.84. The Labute approximate surface area is 201 Å². The van der Waals surface area contributed by atoms with E-state index in [9.17, 15) is 10.1 Å². The van der Waals surface area contributed by atoms with Crippen LogP contribution in [0.3, 0.4) is 0 Å². The first-order valence-corrected chi connectivity index (χ1v) is 10.6. The molecule has 2 aromatic heterocycles. The molecule has 0 aliphatic carbocycles. The zero-order valence-electron chi connectivity index (χ0n) is 19.0. The van der Waals surface area contributed by atoms with Crippen molar-refractivity contribution in [1.29, 1.82) is 10.5 Å². The molecule has 4 rings (SSSR count). The highest BCUT2D eigenvalue weighted by Gasteiger charge is 2.30. The number of rotatable bonds is 4. The van der Waals surface area contributed by atoms with Crippen LogP contribution in [0.25, 0.3) is 11.3 Å². The van der Waals surface area contributed by atoms with Crippen molar-refractivity contribution in [3.8, 4) is 23.5 Å². The van der Waals surface area contributed by atoms with Gasteiger partial charge in [0.15, 0.2) is 6.19 Å². The number of ether oxygens (including phenoxy) is 1. The Kier molecular flexibility index (Phi) is 6.16. The summed E-state index contributed by atoms with van der Waals surface area (Å²) in [5, 5.41) is 23.9. The monoisotopic (exact) mass is 467 g/mol. The second kappa shape index (κ2) is 9.37. The summed E-state index contributed by atoms with van der Waals surface area (Å²) < 4.78 is 5.21. The van der Waals surface area contributed by atoms with Crippen LogP contribution in [0.5, 0.6) is 0 Å². The van der Waals surface area contributed by atoms with E-state index >= 15 is 0 Å². The third-order valence-corrected chi connectivity index (χ3v) is 5.50. The van der Waals surface area contributed by atoms with Gasteiger partial charge in [0.25, 0.3) is 0 Å². The fourth-order valence-corrected chi connectivity index (χ4v) is 3.88. The maximum Gasteiger partial charge on any atom is 0.340 e. The standard InChI is InChI=1S/C24H21N9O2/c1-3-35-23(34)16-12(2)8-9-29-19(16)13-4-6-14(7-5-13)20-17-18(27)15(10-25)21(28)32-22(17)33-24(31-20)30-11-26/h4-9,20H,3H2,1-2H3,(H6,27,28,30,31,32,33). The fourth-order valence-electron chi connectivity index (χ4n) is 3.88. The number of aromatic nitrogens is 2. The number of aryl methyl sites for hydroxylation is 1. The van der Waals surface area contributed by atoms with Crippen LogP contribution in [0.4, 0.5) is 17.3 Å². The number of carbonyl (C=O) groups is 1. The molecule has 0 amide bonds. The first-order valence-electron chi connectivity index (χ1n) is 10.6. The molecule has 11 nitrogen and oxygen atoms in total. The maximum atomic E-state index is 12.6. The first-order chi connectivity index (χ1) is 16.9. The van der Waals surface area contributed by atoms with E-state index in [1.807, 2.05) is 31.3 Å². The van der Waals surface area contributed by atoms with E-state index in [-0.39, 0.29) is 29.6 Å². The summed E-state index contributed by atoms with van der Waals surface area (Å²) in [5.41, 5.74) is 15.9. The normalized spacial score (nSPS) is 13.9. The number of benzene rings is 1. The van der Waals surface area contributed by atoms with Crippen molar-refractivity contribution in [2.45, 2.75) is 19.9 Å². The Morgan fingerprint density at radius 1 is 1.23 bits per heavy atom. The quantitative estimate of drug-likeness (QED) is 0.252. The Hall–Kier alpha value is -5.16. The van der Waals surface area contributed by atoms with E-state index in [2.05, 4.69) is 25.6 Å². The second-order valence-electron chi connectivity index (χ2n) is 7.60. The number of hydrogen-bond acceptors (Lipinski definition) is 11. The van der Waals surface area contributed by atoms with Gasteiger partial charge in [-0.3, -0.25) is 10.3 Å². The molecule has 1 aliphatic rings. The number of nitrogen functional groups attached to an aromatic ring is 2. The Balaban J connectivity index is 1.81. The molecule has 1 aliphatic heterocycles. The zero-order chi connectivity index (χ0) is 25.1. The Morgan fingerprint density at radius 3 is 2.63 bits per heavy atom. The number of hydrogen-bond donors (Lipinski definition) is 4. The minimum absolute atomic E-state index is 0.0272. The van der Waals surface area contributed by atoms with Gasteiger partial charge in [0, 0.05) is 17.3 Å². The summed E-state index contributed by atoms with van der Waals surface area (Å²) >= 11 is 0. The lowest BCUT2D eigenvalue weighted by atomic mass is 9.93. The molecule has 0 saturated heterocycles. The zero-order valence-corrected chi connectivity index (χ0v) is 19.0. The smallest absolute Gasteiger partial charge is 0.340 e. The average molecular weight is 467 g/mol. The molecule has 3 heterocycles. The van der Waals surface area contributed by atoms with Gasteiger partial charge in [-0.2, -0.15) is 10.5 Å². The minimum atomic E-state index is -0.675. The molecule has 1 unspecified atom stereocenters. The number of carbonyl (C=O) groups excluding carboxylic acids is 1. The lowest BCUT2D eigenvalue weighted by molar-refractivity contribution is 0.0526. The number of guanidine groups is 1. The van der Waals surface area contributed by atoms with Crippen molar-refractivity contribution in [3.05, 3.63) is 64.3 Å². The van der Waals surface area contributed by atoms with Crippen molar-refractivity contribution in [3.63, 3.8) is 0 Å². The number of nitrogens with one attached hydrogen (secondary N) is 2. The summed E-state index contributed by atoms with van der Waals surface area (Å²) in [6.45, 7) is 3.82. The summed E-state index contributed by atoms with van der Waals surface area (Å²) in [4.78, 5) is 25.8. The van der Waals surface area contributed by atoms with Gasteiger partial charge in [0.05, 0.1) is 23.6 Å². The number of nitrogens with zero attached hydrogens (tertiary/aromatic N) is 5. The number of anilines is 3. The van der Waals surface area contributed by atoms with Crippen LogP contribution in [-0.2, 0) is 4.74 Å². The van der Waals surface area contributed by atoms with Crippen LogP contribution >= 0.6 is 0 Å². The molecule has 174 valence electrons. The Bertz CT molecular complexity index is 1430. The highest BCUT2D eigenvalue weighted by molar-refractivity contribution is 5.99. The van der Waals surface area contributed by atoms with Crippen molar-refractivity contribution in [2.75, 3.05) is 23.4 Å². The maximum absolute atomic E-state index is 12.6. The highest BCUT2D eigenvalue weighted by Crippen LogP contribution is 2.40. The molecule has 1 atom stereocenters. The summed E-state index contributed by atoms with van der Waals surface area (Å²) in [6, 6.07) is 10.3. The van der Waals surface area contributed by atoms with Crippen LogP contribution in [-0.4, -0.2) is 28.5 Å². The minimum Gasteiger partial charge on any atom is -0.462 e. The van der Waals surface area contributed by atoms with Gasteiger partial charge in [-0.25, -0.2) is 14.8 Å². The lowest BCUT2D eigenvalue weighted by Gasteiger charge is -2.26. The number of aliphatic imine (C=N–C) groups is 1.